The summed E-state index contributed by atoms with van der Waals surface area (Å²) in [5.74, 6) is 2.08. The minimum absolute atomic E-state index is 0.169. The van der Waals surface area contributed by atoms with E-state index in [4.69, 9.17) is 4.99 Å². The van der Waals surface area contributed by atoms with Gasteiger partial charge in [-0.15, -0.1) is 11.3 Å². The minimum atomic E-state index is 0.169. The highest BCUT2D eigenvalue weighted by molar-refractivity contribution is 8.14. The fraction of sp³-hybridized carbons (Fsp3) is 0.750. The minimum Gasteiger partial charge on any atom is -0.359 e. The summed E-state index contributed by atoms with van der Waals surface area (Å²) in [6, 6.07) is 0.169. The van der Waals surface area contributed by atoms with E-state index in [2.05, 4.69) is 31.1 Å². The third-order valence-electron chi connectivity index (χ3n) is 4.68. The van der Waals surface area contributed by atoms with E-state index in [0.29, 0.717) is 5.54 Å². The monoisotopic (exact) mass is 323 g/mol. The predicted molar refractivity (Wildman–Crippen MR) is 93.3 cm³/mol. The van der Waals surface area contributed by atoms with Gasteiger partial charge in [-0.25, -0.2) is 4.98 Å². The third-order valence-corrected chi connectivity index (χ3v) is 7.17. The van der Waals surface area contributed by atoms with Crippen LogP contribution in [-0.4, -0.2) is 21.4 Å². The van der Waals surface area contributed by atoms with Crippen molar-refractivity contribution in [3.63, 3.8) is 0 Å². The van der Waals surface area contributed by atoms with E-state index >= 15 is 0 Å². The molecule has 5 heteroatoms. The molecule has 21 heavy (non-hydrogen) atoms. The van der Waals surface area contributed by atoms with Crippen LogP contribution in [0.3, 0.4) is 0 Å². The highest BCUT2D eigenvalue weighted by Crippen LogP contribution is 2.39. The Labute approximate surface area is 136 Å². The predicted octanol–water partition coefficient (Wildman–Crippen LogP) is 4.41. The van der Waals surface area contributed by atoms with Crippen LogP contribution in [0.2, 0.25) is 0 Å². The lowest BCUT2D eigenvalue weighted by molar-refractivity contribution is 0.250. The smallest absolute Gasteiger partial charge is 0.157 e. The highest BCUT2D eigenvalue weighted by Gasteiger charge is 2.39. The van der Waals surface area contributed by atoms with Gasteiger partial charge in [0.15, 0.2) is 5.17 Å². The van der Waals surface area contributed by atoms with Gasteiger partial charge in [-0.2, -0.15) is 0 Å². The molecule has 1 unspecified atom stereocenters. The molecule has 1 atom stereocenters. The van der Waals surface area contributed by atoms with Crippen LogP contribution in [-0.2, 0) is 6.42 Å². The second kappa shape index (κ2) is 6.29. The summed E-state index contributed by atoms with van der Waals surface area (Å²) in [6.45, 7) is 6.71. The van der Waals surface area contributed by atoms with Crippen LogP contribution in [0.25, 0.3) is 0 Å². The van der Waals surface area contributed by atoms with Crippen molar-refractivity contribution < 1.29 is 0 Å². The molecule has 116 valence electrons. The molecule has 2 heterocycles. The number of aliphatic imine (C=N–C) groups is 1. The molecule has 1 saturated carbocycles. The first-order chi connectivity index (χ1) is 10.1. The number of nitrogens with zero attached hydrogens (tertiary/aromatic N) is 2. The molecule has 1 spiro atoms. The van der Waals surface area contributed by atoms with Gasteiger partial charge in [0.25, 0.3) is 0 Å². The number of nitrogens with one attached hydrogen (secondary N) is 1. The van der Waals surface area contributed by atoms with Crippen LogP contribution in [0.1, 0.15) is 62.4 Å². The van der Waals surface area contributed by atoms with Crippen LogP contribution >= 0.6 is 23.1 Å². The number of rotatable bonds is 3. The Morgan fingerprint density at radius 1 is 1.48 bits per heavy atom. The summed E-state index contributed by atoms with van der Waals surface area (Å²) in [4.78, 5) is 10.7. The van der Waals surface area contributed by atoms with E-state index in [1.807, 2.05) is 18.0 Å². The summed E-state index contributed by atoms with van der Waals surface area (Å²) in [6.07, 6.45) is 8.36. The SMILES string of the molecule is CCc1cnc(C(C)N=C2NC3(CCC(C)CC3)CS2)s1. The molecule has 0 radical (unpaired) electrons. The van der Waals surface area contributed by atoms with Crippen molar-refractivity contribution in [2.75, 3.05) is 5.75 Å². The van der Waals surface area contributed by atoms with Gasteiger partial charge < -0.3 is 5.32 Å². The summed E-state index contributed by atoms with van der Waals surface area (Å²) < 4.78 is 0. The molecule has 0 amide bonds. The molecule has 1 aliphatic carbocycles. The Hall–Kier alpha value is -0.550. The number of amidine groups is 1. The van der Waals surface area contributed by atoms with Gasteiger partial charge in [-0.1, -0.05) is 25.6 Å². The lowest BCUT2D eigenvalue weighted by Gasteiger charge is -2.35. The van der Waals surface area contributed by atoms with E-state index < -0.39 is 0 Å². The fourth-order valence-electron chi connectivity index (χ4n) is 3.07. The van der Waals surface area contributed by atoms with E-state index in [9.17, 15) is 0 Å². The van der Waals surface area contributed by atoms with Crippen molar-refractivity contribution in [3.8, 4) is 0 Å². The summed E-state index contributed by atoms with van der Waals surface area (Å²) in [7, 11) is 0. The Bertz CT molecular complexity index is 515. The largest absolute Gasteiger partial charge is 0.359 e. The molecule has 2 aliphatic rings. The first-order valence-corrected chi connectivity index (χ1v) is 9.84. The average molecular weight is 324 g/mol. The molecule has 2 fully saturated rings. The molecule has 3 rings (SSSR count). The summed E-state index contributed by atoms with van der Waals surface area (Å²) >= 11 is 3.70. The zero-order valence-corrected chi connectivity index (χ0v) is 14.8. The normalized spacial score (nSPS) is 32.5. The number of thiazole rings is 1. The molecular weight excluding hydrogens is 298 g/mol. The molecule has 3 nitrogen and oxygen atoms in total. The lowest BCUT2D eigenvalue weighted by Crippen LogP contribution is -2.46. The van der Waals surface area contributed by atoms with E-state index in [1.54, 1.807) is 11.3 Å². The molecular formula is C16H25N3S2. The maximum atomic E-state index is 4.88. The maximum absolute atomic E-state index is 4.88. The second-order valence-electron chi connectivity index (χ2n) is 6.51. The molecule has 1 aromatic heterocycles. The second-order valence-corrected chi connectivity index (χ2v) is 8.62. The Balaban J connectivity index is 1.65. The van der Waals surface area contributed by atoms with E-state index in [1.165, 1.54) is 36.3 Å². The number of aryl methyl sites for hydroxylation is 1. The Morgan fingerprint density at radius 3 is 2.90 bits per heavy atom. The van der Waals surface area contributed by atoms with Gasteiger partial charge in [-0.3, -0.25) is 4.99 Å². The average Bonchev–Trinajstić information content (AvgIpc) is 3.10. The summed E-state index contributed by atoms with van der Waals surface area (Å²) in [5.41, 5.74) is 0.327. The van der Waals surface area contributed by atoms with Gasteiger partial charge in [-0.05, 0) is 44.9 Å². The van der Waals surface area contributed by atoms with Crippen LogP contribution < -0.4 is 5.32 Å². The first-order valence-electron chi connectivity index (χ1n) is 8.03. The Kier molecular flexibility index (Phi) is 4.60. The lowest BCUT2D eigenvalue weighted by atomic mass is 9.78. The molecule has 1 saturated heterocycles. The van der Waals surface area contributed by atoms with Crippen molar-refractivity contribution in [1.29, 1.82) is 0 Å². The van der Waals surface area contributed by atoms with Crippen LogP contribution in [0, 0.1) is 5.92 Å². The van der Waals surface area contributed by atoms with Gasteiger partial charge >= 0.3 is 0 Å². The first kappa shape index (κ1) is 15.3. The topological polar surface area (TPSA) is 37.3 Å². The zero-order valence-electron chi connectivity index (χ0n) is 13.2. The fourth-order valence-corrected chi connectivity index (χ4v) is 5.21. The van der Waals surface area contributed by atoms with Gasteiger partial charge in [0.2, 0.25) is 0 Å². The number of thioether (sulfide) groups is 1. The van der Waals surface area contributed by atoms with E-state index in [-0.39, 0.29) is 6.04 Å². The molecule has 0 bridgehead atoms. The third kappa shape index (κ3) is 3.45. The molecule has 0 aromatic carbocycles. The van der Waals surface area contributed by atoms with Gasteiger partial charge in [0, 0.05) is 22.4 Å². The zero-order chi connectivity index (χ0) is 14.9. The Morgan fingerprint density at radius 2 is 2.24 bits per heavy atom. The highest BCUT2D eigenvalue weighted by atomic mass is 32.2. The van der Waals surface area contributed by atoms with Crippen molar-refractivity contribution >= 4 is 28.3 Å². The quantitative estimate of drug-likeness (QED) is 0.895. The molecule has 1 aromatic rings. The van der Waals surface area contributed by atoms with E-state index in [0.717, 1.165) is 22.5 Å². The maximum Gasteiger partial charge on any atom is 0.157 e. The van der Waals surface area contributed by atoms with Crippen LogP contribution in [0.5, 0.6) is 0 Å². The van der Waals surface area contributed by atoms with Crippen molar-refractivity contribution in [3.05, 3.63) is 16.1 Å². The van der Waals surface area contributed by atoms with Crippen molar-refractivity contribution in [1.82, 2.24) is 10.3 Å². The number of aromatic nitrogens is 1. The number of hydrogen-bond donors (Lipinski definition) is 1. The van der Waals surface area contributed by atoms with Crippen LogP contribution in [0.15, 0.2) is 11.2 Å². The van der Waals surface area contributed by atoms with Crippen molar-refractivity contribution in [2.24, 2.45) is 10.9 Å². The van der Waals surface area contributed by atoms with Crippen molar-refractivity contribution in [2.45, 2.75) is 64.5 Å². The molecule has 1 aliphatic heterocycles. The number of hydrogen-bond acceptors (Lipinski definition) is 4. The van der Waals surface area contributed by atoms with Gasteiger partial charge in [0.1, 0.15) is 11.0 Å². The summed E-state index contributed by atoms with van der Waals surface area (Å²) in [5, 5.41) is 6.01. The standard InChI is InChI=1S/C16H25N3S2/c1-4-13-9-17-14(21-13)12(3)18-15-19-16(10-20-15)7-5-11(2)6-8-16/h9,11-12H,4-8,10H2,1-3H3,(H,18,19). The van der Waals surface area contributed by atoms with Gasteiger partial charge in [0.05, 0.1) is 0 Å². The molecule has 1 N–H and O–H groups in total. The van der Waals surface area contributed by atoms with Crippen LogP contribution in [0.4, 0.5) is 0 Å².